The van der Waals surface area contributed by atoms with E-state index in [1.165, 1.54) is 186 Å². The van der Waals surface area contributed by atoms with Gasteiger partial charge < -0.3 is 20.6 Å². The van der Waals surface area contributed by atoms with Gasteiger partial charge in [-0.3, -0.25) is 4.79 Å². The highest BCUT2D eigenvalue weighted by Crippen LogP contribution is 2.17. The fraction of sp³-hybridized carbons (Fsp3) is 0.935. The molecular weight excluding hydrogens is 631 g/mol. The molecule has 51 heavy (non-hydrogen) atoms. The van der Waals surface area contributed by atoms with Crippen molar-refractivity contribution in [2.45, 2.75) is 270 Å². The van der Waals surface area contributed by atoms with Crippen LogP contribution in [0.3, 0.4) is 0 Å². The van der Waals surface area contributed by atoms with E-state index < -0.39 is 18.2 Å². The molecule has 0 saturated heterocycles. The Kier molecular flexibility index (Phi) is 41.1. The summed E-state index contributed by atoms with van der Waals surface area (Å²) in [5.41, 5.74) is 0. The molecule has 0 aliphatic carbocycles. The molecule has 0 radical (unpaired) electrons. The Morgan fingerprint density at radius 2 is 0.784 bits per heavy atom. The Balaban J connectivity index is 3.59. The summed E-state index contributed by atoms with van der Waals surface area (Å²) in [6, 6.07) is -0.808. The van der Waals surface area contributed by atoms with E-state index in [-0.39, 0.29) is 12.5 Å². The minimum atomic E-state index is -1.13. The maximum absolute atomic E-state index is 12.4. The third-order valence-corrected chi connectivity index (χ3v) is 10.9. The number of carbonyl (C=O) groups excluding carboxylic acids is 1. The summed E-state index contributed by atoms with van der Waals surface area (Å²) in [6.07, 6.45) is 48.9. The summed E-state index contributed by atoms with van der Waals surface area (Å²) in [5, 5.41) is 33.6. The summed E-state index contributed by atoms with van der Waals surface area (Å²) in [4.78, 5) is 12.4. The van der Waals surface area contributed by atoms with Crippen LogP contribution < -0.4 is 5.32 Å². The second kappa shape index (κ2) is 41.8. The van der Waals surface area contributed by atoms with Gasteiger partial charge in [0.15, 0.2) is 0 Å². The molecule has 0 aliphatic rings. The Morgan fingerprint density at radius 3 is 1.14 bits per heavy atom. The van der Waals surface area contributed by atoms with Crippen LogP contribution in [0.5, 0.6) is 0 Å². The van der Waals surface area contributed by atoms with Crippen LogP contribution in [0.1, 0.15) is 251 Å². The molecule has 0 rings (SSSR count). The number of carbonyl (C=O) groups is 1. The molecule has 0 saturated carbocycles. The lowest BCUT2D eigenvalue weighted by atomic mass is 9.99. The van der Waals surface area contributed by atoms with Crippen LogP contribution in [-0.4, -0.2) is 46.1 Å². The lowest BCUT2D eigenvalue weighted by Gasteiger charge is -2.26. The predicted molar refractivity (Wildman–Crippen MR) is 222 cm³/mol. The number of hydrogen-bond acceptors (Lipinski definition) is 4. The molecule has 0 bridgehead atoms. The van der Waals surface area contributed by atoms with Crippen molar-refractivity contribution < 1.29 is 20.1 Å². The predicted octanol–water partition coefficient (Wildman–Crippen LogP) is 13.2. The number of nitrogens with one attached hydrogen (secondary N) is 1. The monoisotopic (exact) mass is 722 g/mol. The maximum atomic E-state index is 12.4. The van der Waals surface area contributed by atoms with Gasteiger partial charge in [0, 0.05) is 6.42 Å². The Morgan fingerprint density at radius 1 is 0.471 bits per heavy atom. The number of aliphatic hydroxyl groups excluding tert-OH is 3. The standard InChI is InChI=1S/C46H91NO4/c1-3-5-7-9-11-13-15-17-19-20-21-22-23-24-25-27-29-31-33-35-37-39-41-45(50)47-43(42-48)46(51)44(49)40-38-36-34-32-30-28-26-18-16-14-12-10-8-6-4-2/h23-24,43-44,46,48-49,51H,3-22,25-42H2,1-2H3,(H,47,50)/b24-23-. The van der Waals surface area contributed by atoms with Gasteiger partial charge >= 0.3 is 0 Å². The molecule has 0 spiro atoms. The van der Waals surface area contributed by atoms with Crippen molar-refractivity contribution in [3.63, 3.8) is 0 Å². The first kappa shape index (κ1) is 50.1. The van der Waals surface area contributed by atoms with Gasteiger partial charge in [0.05, 0.1) is 18.8 Å². The first-order valence-electron chi connectivity index (χ1n) is 23.0. The zero-order valence-electron chi connectivity index (χ0n) is 34.5. The summed E-state index contributed by atoms with van der Waals surface area (Å²) in [6.45, 7) is 4.19. The number of aliphatic hydroxyl groups is 3. The normalized spacial score (nSPS) is 13.6. The molecule has 5 nitrogen and oxygen atoms in total. The molecule has 0 aromatic rings. The molecule has 1 amide bonds. The van der Waals surface area contributed by atoms with E-state index >= 15 is 0 Å². The van der Waals surface area contributed by atoms with Gasteiger partial charge in [0.1, 0.15) is 6.10 Å². The van der Waals surface area contributed by atoms with E-state index in [0.29, 0.717) is 12.8 Å². The Bertz CT molecular complexity index is 713. The van der Waals surface area contributed by atoms with Gasteiger partial charge in [-0.25, -0.2) is 0 Å². The lowest BCUT2D eigenvalue weighted by molar-refractivity contribution is -0.124. The smallest absolute Gasteiger partial charge is 0.220 e. The average molecular weight is 722 g/mol. The molecule has 0 aromatic carbocycles. The highest BCUT2D eigenvalue weighted by Gasteiger charge is 2.26. The van der Waals surface area contributed by atoms with Gasteiger partial charge in [0.2, 0.25) is 5.91 Å². The van der Waals surface area contributed by atoms with Crippen LogP contribution in [0.2, 0.25) is 0 Å². The first-order valence-corrected chi connectivity index (χ1v) is 23.0. The first-order chi connectivity index (χ1) is 25.1. The molecule has 5 heteroatoms. The van der Waals surface area contributed by atoms with Gasteiger partial charge in [-0.2, -0.15) is 0 Å². The largest absolute Gasteiger partial charge is 0.394 e. The third kappa shape index (κ3) is 37.2. The fourth-order valence-electron chi connectivity index (χ4n) is 7.28. The highest BCUT2D eigenvalue weighted by atomic mass is 16.3. The molecule has 3 unspecified atom stereocenters. The molecular formula is C46H91NO4. The second-order valence-corrected chi connectivity index (χ2v) is 16.0. The minimum absolute atomic E-state index is 0.146. The zero-order valence-corrected chi connectivity index (χ0v) is 34.5. The summed E-state index contributed by atoms with van der Waals surface area (Å²) >= 11 is 0. The van der Waals surface area contributed by atoms with Crippen molar-refractivity contribution in [2.24, 2.45) is 0 Å². The molecule has 0 heterocycles. The summed E-state index contributed by atoms with van der Waals surface area (Å²) in [5.74, 6) is -0.146. The number of hydrogen-bond donors (Lipinski definition) is 4. The van der Waals surface area contributed by atoms with Crippen LogP contribution in [0, 0.1) is 0 Å². The van der Waals surface area contributed by atoms with Crippen molar-refractivity contribution in [2.75, 3.05) is 6.61 Å². The molecule has 4 N–H and O–H groups in total. The number of amides is 1. The van der Waals surface area contributed by atoms with Crippen molar-refractivity contribution >= 4 is 5.91 Å². The molecule has 0 aliphatic heterocycles. The van der Waals surface area contributed by atoms with Crippen LogP contribution in [0.25, 0.3) is 0 Å². The van der Waals surface area contributed by atoms with Crippen LogP contribution in [0.4, 0.5) is 0 Å². The van der Waals surface area contributed by atoms with E-state index in [1.54, 1.807) is 0 Å². The fourth-order valence-corrected chi connectivity index (χ4v) is 7.28. The van der Waals surface area contributed by atoms with E-state index in [0.717, 1.165) is 38.5 Å². The van der Waals surface area contributed by atoms with Crippen LogP contribution in [-0.2, 0) is 4.79 Å². The number of rotatable bonds is 42. The molecule has 304 valence electrons. The summed E-state index contributed by atoms with van der Waals surface area (Å²) < 4.78 is 0. The molecule has 0 fully saturated rings. The van der Waals surface area contributed by atoms with E-state index in [4.69, 9.17) is 0 Å². The quantitative estimate of drug-likeness (QED) is 0.0373. The second-order valence-electron chi connectivity index (χ2n) is 16.0. The maximum Gasteiger partial charge on any atom is 0.220 e. The van der Waals surface area contributed by atoms with Gasteiger partial charge in [-0.05, 0) is 38.5 Å². The lowest BCUT2D eigenvalue weighted by Crippen LogP contribution is -2.50. The van der Waals surface area contributed by atoms with Crippen molar-refractivity contribution in [3.05, 3.63) is 12.2 Å². The number of allylic oxidation sites excluding steroid dienone is 2. The van der Waals surface area contributed by atoms with Crippen LogP contribution >= 0.6 is 0 Å². The van der Waals surface area contributed by atoms with Gasteiger partial charge in [-0.15, -0.1) is 0 Å². The Labute approximate surface area is 319 Å². The topological polar surface area (TPSA) is 89.8 Å². The van der Waals surface area contributed by atoms with Gasteiger partial charge in [-0.1, -0.05) is 219 Å². The SMILES string of the molecule is CCCCCCCCCCCCC/C=C\CCCCCCCCCC(=O)NC(CO)C(O)C(O)CCCCCCCCCCCCCCCCC. The van der Waals surface area contributed by atoms with Crippen molar-refractivity contribution in [3.8, 4) is 0 Å². The molecule has 3 atom stereocenters. The third-order valence-electron chi connectivity index (χ3n) is 10.9. The van der Waals surface area contributed by atoms with E-state index in [9.17, 15) is 20.1 Å². The van der Waals surface area contributed by atoms with Crippen molar-refractivity contribution in [1.82, 2.24) is 5.32 Å². The highest BCUT2D eigenvalue weighted by molar-refractivity contribution is 5.76. The molecule has 0 aromatic heterocycles. The van der Waals surface area contributed by atoms with Gasteiger partial charge in [0.25, 0.3) is 0 Å². The summed E-state index contributed by atoms with van der Waals surface area (Å²) in [7, 11) is 0. The average Bonchev–Trinajstić information content (AvgIpc) is 3.13. The van der Waals surface area contributed by atoms with E-state index in [2.05, 4.69) is 31.3 Å². The van der Waals surface area contributed by atoms with Crippen LogP contribution in [0.15, 0.2) is 12.2 Å². The Hall–Kier alpha value is -0.910. The minimum Gasteiger partial charge on any atom is -0.394 e. The van der Waals surface area contributed by atoms with Crippen molar-refractivity contribution in [1.29, 1.82) is 0 Å². The van der Waals surface area contributed by atoms with E-state index in [1.807, 2.05) is 0 Å². The number of unbranched alkanes of at least 4 members (excludes halogenated alkanes) is 32. The zero-order chi connectivity index (χ0) is 37.3.